The van der Waals surface area contributed by atoms with E-state index in [0.29, 0.717) is 16.5 Å². The molecule has 3 N–H and O–H groups in total. The maximum absolute atomic E-state index is 12.6. The number of nitrogens with zero attached hydrogens (tertiary/aromatic N) is 1. The van der Waals surface area contributed by atoms with Crippen LogP contribution in [0.15, 0.2) is 46.5 Å². The van der Waals surface area contributed by atoms with Crippen molar-refractivity contribution in [3.63, 3.8) is 0 Å². The van der Waals surface area contributed by atoms with Crippen LogP contribution in [0.2, 0.25) is 0 Å². The molecule has 0 saturated heterocycles. The molecular weight excluding hydrogens is 326 g/mol. The van der Waals surface area contributed by atoms with Gasteiger partial charge in [0.05, 0.1) is 25.8 Å². The first kappa shape index (κ1) is 16.7. The number of aromatic amines is 1. The van der Waals surface area contributed by atoms with Crippen LogP contribution in [-0.2, 0) is 14.3 Å². The number of carbonyl (C=O) groups is 2. The zero-order valence-corrected chi connectivity index (χ0v) is 13.5. The summed E-state index contributed by atoms with van der Waals surface area (Å²) in [7, 11) is 1.24. The molecule has 130 valence electrons. The lowest BCUT2D eigenvalue weighted by Gasteiger charge is -2.15. The quantitative estimate of drug-likeness (QED) is 0.669. The number of H-pyrrole nitrogens is 1. The molecule has 0 bridgehead atoms. The maximum Gasteiger partial charge on any atom is 0.337 e. The van der Waals surface area contributed by atoms with Crippen LogP contribution < -0.4 is 10.9 Å². The number of carbonyl (C=O) groups excluding carboxylic acids is 2. The zero-order valence-electron chi connectivity index (χ0n) is 13.5. The van der Waals surface area contributed by atoms with Crippen LogP contribution in [0.5, 0.6) is 0 Å². The number of pyridine rings is 1. The minimum Gasteiger partial charge on any atom is -0.466 e. The van der Waals surface area contributed by atoms with Crippen LogP contribution in [0.25, 0.3) is 10.8 Å². The first-order chi connectivity index (χ1) is 12.1. The van der Waals surface area contributed by atoms with Gasteiger partial charge in [0.2, 0.25) is 0 Å². The van der Waals surface area contributed by atoms with Gasteiger partial charge >= 0.3 is 5.97 Å². The second-order valence-corrected chi connectivity index (χ2v) is 5.49. The van der Waals surface area contributed by atoms with E-state index in [0.717, 1.165) is 0 Å². The number of methoxy groups -OCH3 is 1. The summed E-state index contributed by atoms with van der Waals surface area (Å²) in [5, 5.41) is 13.1. The third-order valence-electron chi connectivity index (χ3n) is 4.03. The van der Waals surface area contributed by atoms with Crippen LogP contribution in [-0.4, -0.2) is 53.7 Å². The van der Waals surface area contributed by atoms with Gasteiger partial charge in [-0.1, -0.05) is 6.07 Å². The van der Waals surface area contributed by atoms with Gasteiger partial charge in [-0.25, -0.2) is 4.79 Å². The number of anilines is 1. The van der Waals surface area contributed by atoms with E-state index in [1.165, 1.54) is 18.2 Å². The van der Waals surface area contributed by atoms with E-state index in [-0.39, 0.29) is 36.5 Å². The molecule has 0 aliphatic carbocycles. The SMILES string of the molecule is COC(=O)C1=C(Nc2cccc3c(=O)[nH]ccc23)C(=O)N(CCO)C1. The highest BCUT2D eigenvalue weighted by Gasteiger charge is 2.34. The van der Waals surface area contributed by atoms with Crippen LogP contribution in [0, 0.1) is 0 Å². The highest BCUT2D eigenvalue weighted by Crippen LogP contribution is 2.26. The van der Waals surface area contributed by atoms with Gasteiger partial charge in [-0.2, -0.15) is 0 Å². The summed E-state index contributed by atoms with van der Waals surface area (Å²) in [6.07, 6.45) is 1.51. The summed E-state index contributed by atoms with van der Waals surface area (Å²) in [5.41, 5.74) is 0.554. The molecule has 0 radical (unpaired) electrons. The van der Waals surface area contributed by atoms with Crippen molar-refractivity contribution in [1.82, 2.24) is 9.88 Å². The van der Waals surface area contributed by atoms with Gasteiger partial charge in [-0.15, -0.1) is 0 Å². The Morgan fingerprint density at radius 1 is 1.32 bits per heavy atom. The van der Waals surface area contributed by atoms with Crippen LogP contribution in [0.3, 0.4) is 0 Å². The Hall–Kier alpha value is -3.13. The Kier molecular flexibility index (Phi) is 4.53. The van der Waals surface area contributed by atoms with E-state index in [4.69, 9.17) is 9.84 Å². The molecule has 0 fully saturated rings. The summed E-state index contributed by atoms with van der Waals surface area (Å²) in [5.74, 6) is -1.02. The molecule has 0 saturated carbocycles. The standard InChI is InChI=1S/C17H17N3O5/c1-25-17(24)12-9-20(7-8-21)16(23)14(12)19-13-4-2-3-11-10(13)5-6-18-15(11)22/h2-6,19,21H,7-9H2,1H3,(H,18,22). The van der Waals surface area contributed by atoms with Gasteiger partial charge < -0.3 is 25.0 Å². The summed E-state index contributed by atoms with van der Waals surface area (Å²) >= 11 is 0. The average molecular weight is 343 g/mol. The Morgan fingerprint density at radius 2 is 2.12 bits per heavy atom. The number of ether oxygens (including phenoxy) is 1. The monoisotopic (exact) mass is 343 g/mol. The van der Waals surface area contributed by atoms with Gasteiger partial charge in [-0.05, 0) is 18.2 Å². The lowest BCUT2D eigenvalue weighted by Crippen LogP contribution is -2.31. The normalized spacial score (nSPS) is 14.3. The van der Waals surface area contributed by atoms with E-state index in [2.05, 4.69) is 10.3 Å². The maximum atomic E-state index is 12.6. The Labute approximate surface area is 142 Å². The lowest BCUT2D eigenvalue weighted by molar-refractivity contribution is -0.136. The molecule has 8 heteroatoms. The highest BCUT2D eigenvalue weighted by atomic mass is 16.5. The van der Waals surface area contributed by atoms with Gasteiger partial charge in [0, 0.05) is 29.2 Å². The third kappa shape index (κ3) is 2.99. The number of fused-ring (bicyclic) bond motifs is 1. The van der Waals surface area contributed by atoms with Crippen LogP contribution in [0.1, 0.15) is 0 Å². The predicted octanol–water partition coefficient (Wildman–Crippen LogP) is 0.202. The molecule has 25 heavy (non-hydrogen) atoms. The number of amides is 1. The van der Waals surface area contributed by atoms with Gasteiger partial charge in [0.15, 0.2) is 0 Å². The van der Waals surface area contributed by atoms with Crippen molar-refractivity contribution in [2.45, 2.75) is 0 Å². The fourth-order valence-corrected chi connectivity index (χ4v) is 2.81. The highest BCUT2D eigenvalue weighted by molar-refractivity contribution is 6.09. The topological polar surface area (TPSA) is 112 Å². The minimum absolute atomic E-state index is 0.0553. The Balaban J connectivity index is 2.05. The first-order valence-electron chi connectivity index (χ1n) is 7.66. The number of aliphatic hydroxyl groups excluding tert-OH is 1. The number of hydrogen-bond acceptors (Lipinski definition) is 6. The van der Waals surface area contributed by atoms with Crippen molar-refractivity contribution < 1.29 is 19.4 Å². The number of rotatable bonds is 5. The molecule has 0 unspecified atom stereocenters. The molecular formula is C17H17N3O5. The molecule has 1 aliphatic heterocycles. The Morgan fingerprint density at radius 3 is 2.84 bits per heavy atom. The Bertz CT molecular complexity index is 931. The van der Waals surface area contributed by atoms with E-state index < -0.39 is 11.9 Å². The van der Waals surface area contributed by atoms with Crippen molar-refractivity contribution in [3.8, 4) is 0 Å². The van der Waals surface area contributed by atoms with Crippen molar-refractivity contribution >= 4 is 28.3 Å². The number of β-amino-alcohol motifs (C(OH)–C–C–N with tert-alkyl or cyclic N) is 1. The van der Waals surface area contributed by atoms with Crippen molar-refractivity contribution in [2.24, 2.45) is 0 Å². The number of nitrogens with one attached hydrogen (secondary N) is 2. The van der Waals surface area contributed by atoms with E-state index in [9.17, 15) is 14.4 Å². The smallest absolute Gasteiger partial charge is 0.337 e. The molecule has 8 nitrogen and oxygen atoms in total. The largest absolute Gasteiger partial charge is 0.466 e. The lowest BCUT2D eigenvalue weighted by atomic mass is 10.1. The van der Waals surface area contributed by atoms with Gasteiger partial charge in [0.25, 0.3) is 11.5 Å². The van der Waals surface area contributed by atoms with Crippen molar-refractivity contribution in [2.75, 3.05) is 32.1 Å². The molecule has 1 amide bonds. The second kappa shape index (κ2) is 6.78. The molecule has 1 aromatic heterocycles. The summed E-state index contributed by atoms with van der Waals surface area (Å²) in [4.78, 5) is 40.4. The van der Waals surface area contributed by atoms with Crippen LogP contribution in [0.4, 0.5) is 5.69 Å². The first-order valence-corrected chi connectivity index (χ1v) is 7.66. The predicted molar refractivity (Wildman–Crippen MR) is 90.9 cm³/mol. The van der Waals surface area contributed by atoms with Gasteiger partial charge in [-0.3, -0.25) is 9.59 Å². The molecule has 1 aromatic carbocycles. The molecule has 1 aliphatic rings. The number of aliphatic hydroxyl groups is 1. The summed E-state index contributed by atoms with van der Waals surface area (Å²) < 4.78 is 4.75. The zero-order chi connectivity index (χ0) is 18.0. The number of esters is 1. The van der Waals surface area contributed by atoms with Crippen LogP contribution >= 0.6 is 0 Å². The average Bonchev–Trinajstić information content (AvgIpc) is 2.92. The fourth-order valence-electron chi connectivity index (χ4n) is 2.81. The minimum atomic E-state index is -0.616. The number of benzene rings is 1. The number of hydrogen-bond donors (Lipinski definition) is 3. The van der Waals surface area contributed by atoms with E-state index in [1.807, 2.05) is 0 Å². The summed E-state index contributed by atoms with van der Waals surface area (Å²) in [6, 6.07) is 6.78. The van der Waals surface area contributed by atoms with Crippen molar-refractivity contribution in [3.05, 3.63) is 52.1 Å². The summed E-state index contributed by atoms with van der Waals surface area (Å²) in [6.45, 7) is -0.0451. The molecule has 0 spiro atoms. The molecule has 3 rings (SSSR count). The van der Waals surface area contributed by atoms with E-state index >= 15 is 0 Å². The molecule has 2 aromatic rings. The molecule has 0 atom stereocenters. The second-order valence-electron chi connectivity index (χ2n) is 5.49. The molecule has 2 heterocycles. The number of aromatic nitrogens is 1. The van der Waals surface area contributed by atoms with Gasteiger partial charge in [0.1, 0.15) is 5.70 Å². The third-order valence-corrected chi connectivity index (χ3v) is 4.03. The van der Waals surface area contributed by atoms with Crippen molar-refractivity contribution in [1.29, 1.82) is 0 Å². The fraction of sp³-hybridized carbons (Fsp3) is 0.235. The van der Waals surface area contributed by atoms with E-state index in [1.54, 1.807) is 24.3 Å².